The van der Waals surface area contributed by atoms with E-state index in [4.69, 9.17) is 4.52 Å². The first-order chi connectivity index (χ1) is 11.1. The number of nitrogens with one attached hydrogen (secondary N) is 1. The van der Waals surface area contributed by atoms with Gasteiger partial charge in [0.15, 0.2) is 5.69 Å². The molecule has 0 unspecified atom stereocenters. The van der Waals surface area contributed by atoms with Crippen molar-refractivity contribution >= 4 is 11.6 Å². The minimum Gasteiger partial charge on any atom is -0.361 e. The molecule has 0 radical (unpaired) electrons. The number of aryl methyl sites for hydroxylation is 1. The number of amides is 1. The molecule has 0 aliphatic carbocycles. The van der Waals surface area contributed by atoms with Gasteiger partial charge in [-0.2, -0.15) is 5.10 Å². The molecule has 0 saturated heterocycles. The first kappa shape index (κ1) is 15.0. The van der Waals surface area contributed by atoms with E-state index >= 15 is 0 Å². The molecule has 2 heterocycles. The van der Waals surface area contributed by atoms with Gasteiger partial charge in [0, 0.05) is 18.7 Å². The lowest BCUT2D eigenvalue weighted by molar-refractivity contribution is 0.101. The van der Waals surface area contributed by atoms with Crippen molar-refractivity contribution < 1.29 is 13.7 Å². The van der Waals surface area contributed by atoms with Gasteiger partial charge in [-0.3, -0.25) is 9.48 Å². The fourth-order valence-electron chi connectivity index (χ4n) is 2.12. The van der Waals surface area contributed by atoms with Gasteiger partial charge in [0.1, 0.15) is 11.6 Å². The Hall–Kier alpha value is -2.96. The molecule has 0 aliphatic heterocycles. The maximum atomic E-state index is 13.2. The normalized spacial score (nSPS) is 10.7. The summed E-state index contributed by atoms with van der Waals surface area (Å²) in [5, 5.41) is 10.6. The summed E-state index contributed by atoms with van der Waals surface area (Å²) < 4.78 is 19.8. The van der Waals surface area contributed by atoms with Crippen LogP contribution in [0.4, 0.5) is 10.1 Å². The van der Waals surface area contributed by atoms with Crippen LogP contribution in [0.25, 0.3) is 0 Å². The lowest BCUT2D eigenvalue weighted by atomic mass is 10.2. The number of anilines is 1. The maximum Gasteiger partial charge on any atom is 0.277 e. The highest BCUT2D eigenvalue weighted by Crippen LogP contribution is 2.11. The average Bonchev–Trinajstić information content (AvgIpc) is 3.16. The molecule has 1 N–H and O–H groups in total. The van der Waals surface area contributed by atoms with Gasteiger partial charge in [-0.1, -0.05) is 24.2 Å². The molecule has 3 rings (SSSR count). The quantitative estimate of drug-likeness (QED) is 0.786. The van der Waals surface area contributed by atoms with E-state index in [0.717, 1.165) is 5.56 Å². The highest BCUT2D eigenvalue weighted by molar-refractivity contribution is 6.02. The molecule has 0 fully saturated rings. The average molecular weight is 314 g/mol. The van der Waals surface area contributed by atoms with E-state index in [-0.39, 0.29) is 17.4 Å². The minimum atomic E-state index is -0.362. The molecule has 3 aromatic rings. The highest BCUT2D eigenvalue weighted by Gasteiger charge is 2.13. The van der Waals surface area contributed by atoms with Crippen LogP contribution in [0.5, 0.6) is 0 Å². The van der Waals surface area contributed by atoms with E-state index in [1.54, 1.807) is 23.0 Å². The topological polar surface area (TPSA) is 73.0 Å². The zero-order chi connectivity index (χ0) is 16.2. The number of carbonyl (C=O) groups is 1. The molecular weight excluding hydrogens is 299 g/mol. The van der Waals surface area contributed by atoms with Crippen LogP contribution in [0.3, 0.4) is 0 Å². The molecule has 0 atom stereocenters. The van der Waals surface area contributed by atoms with Crippen molar-refractivity contribution in [2.45, 2.75) is 19.9 Å². The number of hydrogen-bond donors (Lipinski definition) is 1. The van der Waals surface area contributed by atoms with Crippen LogP contribution in [-0.2, 0) is 13.0 Å². The van der Waals surface area contributed by atoms with Crippen molar-refractivity contribution in [3.63, 3.8) is 0 Å². The van der Waals surface area contributed by atoms with E-state index in [9.17, 15) is 9.18 Å². The summed E-state index contributed by atoms with van der Waals surface area (Å²) in [5.41, 5.74) is 1.54. The van der Waals surface area contributed by atoms with Crippen molar-refractivity contribution in [1.82, 2.24) is 14.9 Å². The molecule has 2 aromatic heterocycles. The van der Waals surface area contributed by atoms with Crippen LogP contribution in [0.15, 0.2) is 47.2 Å². The number of benzene rings is 1. The van der Waals surface area contributed by atoms with Crippen molar-refractivity contribution in [3.8, 4) is 0 Å². The third kappa shape index (κ3) is 3.63. The molecule has 1 aromatic carbocycles. The third-order valence-electron chi connectivity index (χ3n) is 3.26. The molecule has 7 heteroatoms. The smallest absolute Gasteiger partial charge is 0.277 e. The lowest BCUT2D eigenvalue weighted by Crippen LogP contribution is -2.11. The standard InChI is InChI=1S/C16H15FN4O2/c1-2-14-7-15(20-23-14)16(22)19-13-8-18-21(10-13)9-11-4-3-5-12(17)6-11/h3-8,10H,2,9H2,1H3,(H,19,22). The van der Waals surface area contributed by atoms with Gasteiger partial charge in [0.05, 0.1) is 18.4 Å². The van der Waals surface area contributed by atoms with Crippen molar-refractivity contribution in [2.75, 3.05) is 5.32 Å². The largest absolute Gasteiger partial charge is 0.361 e. The Morgan fingerprint density at radius 1 is 1.39 bits per heavy atom. The monoisotopic (exact) mass is 314 g/mol. The van der Waals surface area contributed by atoms with Gasteiger partial charge in [0.25, 0.3) is 5.91 Å². The molecule has 0 spiro atoms. The molecule has 1 amide bonds. The summed E-state index contributed by atoms with van der Waals surface area (Å²) in [5.74, 6) is -0.00310. The second-order valence-electron chi connectivity index (χ2n) is 5.04. The molecule has 0 saturated carbocycles. The molecule has 6 nitrogen and oxygen atoms in total. The number of carbonyl (C=O) groups excluding carboxylic acids is 1. The maximum absolute atomic E-state index is 13.2. The van der Waals surface area contributed by atoms with Gasteiger partial charge < -0.3 is 9.84 Å². The molecule has 23 heavy (non-hydrogen) atoms. The molecule has 0 bridgehead atoms. The Labute approximate surface area is 131 Å². The van der Waals surface area contributed by atoms with Gasteiger partial charge in [0.2, 0.25) is 0 Å². The van der Waals surface area contributed by atoms with Crippen molar-refractivity contribution in [2.24, 2.45) is 0 Å². The van der Waals surface area contributed by atoms with Gasteiger partial charge >= 0.3 is 0 Å². The Balaban J connectivity index is 1.66. The van der Waals surface area contributed by atoms with Gasteiger partial charge in [-0.25, -0.2) is 4.39 Å². The second-order valence-corrected chi connectivity index (χ2v) is 5.04. The predicted molar refractivity (Wildman–Crippen MR) is 81.6 cm³/mol. The number of hydrogen-bond acceptors (Lipinski definition) is 4. The van der Waals surface area contributed by atoms with E-state index < -0.39 is 0 Å². The number of halogens is 1. The molecule has 0 aliphatic rings. The zero-order valence-corrected chi connectivity index (χ0v) is 12.5. The Bertz CT molecular complexity index is 825. The van der Waals surface area contributed by atoms with Crippen LogP contribution in [0, 0.1) is 5.82 Å². The second kappa shape index (κ2) is 6.43. The van der Waals surface area contributed by atoms with Gasteiger partial charge in [-0.05, 0) is 17.7 Å². The summed E-state index contributed by atoms with van der Waals surface area (Å²) in [4.78, 5) is 12.0. The van der Waals surface area contributed by atoms with E-state index in [1.165, 1.54) is 18.3 Å². The van der Waals surface area contributed by atoms with E-state index in [2.05, 4.69) is 15.6 Å². The zero-order valence-electron chi connectivity index (χ0n) is 12.5. The Morgan fingerprint density at radius 3 is 3.00 bits per heavy atom. The number of rotatable bonds is 5. The first-order valence-electron chi connectivity index (χ1n) is 7.18. The van der Waals surface area contributed by atoms with Crippen LogP contribution in [0.2, 0.25) is 0 Å². The van der Waals surface area contributed by atoms with Crippen molar-refractivity contribution in [3.05, 3.63) is 65.6 Å². The Kier molecular flexibility index (Phi) is 4.18. The summed E-state index contributed by atoms with van der Waals surface area (Å²) in [6.45, 7) is 2.33. The van der Waals surface area contributed by atoms with Crippen LogP contribution >= 0.6 is 0 Å². The van der Waals surface area contributed by atoms with Gasteiger partial charge in [-0.15, -0.1) is 0 Å². The third-order valence-corrected chi connectivity index (χ3v) is 3.26. The number of aromatic nitrogens is 3. The summed E-state index contributed by atoms with van der Waals surface area (Å²) in [7, 11) is 0. The molecular formula is C16H15FN4O2. The SMILES string of the molecule is CCc1cc(C(=O)Nc2cnn(Cc3cccc(F)c3)c2)no1. The van der Waals surface area contributed by atoms with E-state index in [1.807, 2.05) is 13.0 Å². The Morgan fingerprint density at radius 2 is 2.26 bits per heavy atom. The minimum absolute atomic E-state index is 0.222. The van der Waals surface area contributed by atoms with Crippen LogP contribution in [-0.4, -0.2) is 20.8 Å². The fourth-order valence-corrected chi connectivity index (χ4v) is 2.12. The van der Waals surface area contributed by atoms with Crippen LogP contribution < -0.4 is 5.32 Å². The highest BCUT2D eigenvalue weighted by atomic mass is 19.1. The lowest BCUT2D eigenvalue weighted by Gasteiger charge is -2.01. The predicted octanol–water partition coefficient (Wildman–Crippen LogP) is 2.87. The van der Waals surface area contributed by atoms with Crippen molar-refractivity contribution in [1.29, 1.82) is 0 Å². The van der Waals surface area contributed by atoms with E-state index in [0.29, 0.717) is 24.4 Å². The summed E-state index contributed by atoms with van der Waals surface area (Å²) in [6, 6.07) is 7.90. The van der Waals surface area contributed by atoms with Crippen LogP contribution in [0.1, 0.15) is 28.7 Å². The summed E-state index contributed by atoms with van der Waals surface area (Å²) >= 11 is 0. The fraction of sp³-hybridized carbons (Fsp3) is 0.188. The molecule has 118 valence electrons. The number of nitrogens with zero attached hydrogens (tertiary/aromatic N) is 3. The summed E-state index contributed by atoms with van der Waals surface area (Å²) in [6.07, 6.45) is 3.87. The first-order valence-corrected chi connectivity index (χ1v) is 7.18.